The van der Waals surface area contributed by atoms with Gasteiger partial charge in [-0.3, -0.25) is 0 Å². The van der Waals surface area contributed by atoms with E-state index in [1.165, 1.54) is 32.5 Å². The van der Waals surface area contributed by atoms with E-state index < -0.39 is 0 Å². The number of thioether (sulfide) groups is 2. The standard InChI is InChI=1S/C39H34Cl2N2S2/c1-4-42-35-26-32(41)21-23-37(35)45-38(42)24-19-30-18-17-29(16-15-28(3)44-36-22-20-31(40)25-27(36)2)39(30)43(33-11-7-5-8-12-33)34-13-9-6-10-14-34/h5-16,19-26H,3-4,17-18H2,1-2H3/b16-15+,30-19+,38-24-. The van der Waals surface area contributed by atoms with E-state index in [-0.39, 0.29) is 0 Å². The number of allylic oxidation sites excluding steroid dienone is 6. The molecule has 2 nitrogen and oxygen atoms in total. The molecule has 0 saturated heterocycles. The van der Waals surface area contributed by atoms with Crippen LogP contribution in [0.1, 0.15) is 25.3 Å². The summed E-state index contributed by atoms with van der Waals surface area (Å²) >= 11 is 16.0. The number of rotatable bonds is 9. The maximum atomic E-state index is 6.37. The molecule has 0 N–H and O–H groups in total. The van der Waals surface area contributed by atoms with E-state index in [1.807, 2.05) is 18.2 Å². The summed E-state index contributed by atoms with van der Waals surface area (Å²) in [6.45, 7) is 9.52. The number of aryl methyl sites for hydroxylation is 1. The van der Waals surface area contributed by atoms with Crippen LogP contribution in [-0.2, 0) is 0 Å². The van der Waals surface area contributed by atoms with E-state index in [0.717, 1.165) is 56.2 Å². The zero-order valence-electron chi connectivity index (χ0n) is 25.3. The largest absolute Gasteiger partial charge is 0.335 e. The molecule has 2 aliphatic rings. The third-order valence-corrected chi connectivity index (χ3v) is 10.5. The van der Waals surface area contributed by atoms with Crippen LogP contribution >= 0.6 is 46.7 Å². The maximum Gasteiger partial charge on any atom is 0.0801 e. The lowest BCUT2D eigenvalue weighted by Crippen LogP contribution is -2.18. The predicted molar refractivity (Wildman–Crippen MR) is 198 cm³/mol. The van der Waals surface area contributed by atoms with E-state index >= 15 is 0 Å². The van der Waals surface area contributed by atoms with Gasteiger partial charge in [0, 0.05) is 42.7 Å². The van der Waals surface area contributed by atoms with Gasteiger partial charge in [0.05, 0.1) is 16.4 Å². The van der Waals surface area contributed by atoms with Crippen molar-refractivity contribution in [3.05, 3.63) is 170 Å². The Hall–Kier alpha value is -3.54. The topological polar surface area (TPSA) is 6.48 Å². The van der Waals surface area contributed by atoms with Crippen LogP contribution < -0.4 is 9.80 Å². The molecular weight excluding hydrogens is 631 g/mol. The van der Waals surface area contributed by atoms with Crippen molar-refractivity contribution in [2.24, 2.45) is 0 Å². The lowest BCUT2D eigenvalue weighted by molar-refractivity contribution is 1.000. The number of hydrogen-bond acceptors (Lipinski definition) is 4. The molecule has 0 aromatic heterocycles. The average molecular weight is 666 g/mol. The summed E-state index contributed by atoms with van der Waals surface area (Å²) in [5.41, 5.74) is 8.37. The molecule has 0 radical (unpaired) electrons. The van der Waals surface area contributed by atoms with Crippen LogP contribution in [0.5, 0.6) is 0 Å². The lowest BCUT2D eigenvalue weighted by Gasteiger charge is -2.28. The Morgan fingerprint density at radius 2 is 1.56 bits per heavy atom. The minimum Gasteiger partial charge on any atom is -0.335 e. The fraction of sp³-hybridized carbons (Fsp3) is 0.128. The summed E-state index contributed by atoms with van der Waals surface area (Å²) in [5, 5.41) is 2.72. The highest BCUT2D eigenvalue weighted by Crippen LogP contribution is 2.47. The first-order valence-corrected chi connectivity index (χ1v) is 17.4. The van der Waals surface area contributed by atoms with Gasteiger partial charge in [-0.05, 0) is 116 Å². The smallest absolute Gasteiger partial charge is 0.0801 e. The quantitative estimate of drug-likeness (QED) is 0.130. The van der Waals surface area contributed by atoms with Crippen LogP contribution in [0.15, 0.2) is 165 Å². The summed E-state index contributed by atoms with van der Waals surface area (Å²) < 4.78 is 0. The van der Waals surface area contributed by atoms with Gasteiger partial charge in [-0.2, -0.15) is 0 Å². The van der Waals surface area contributed by atoms with E-state index in [4.69, 9.17) is 23.2 Å². The summed E-state index contributed by atoms with van der Waals surface area (Å²) in [4.78, 5) is 8.11. The first-order valence-electron chi connectivity index (χ1n) is 15.0. The summed E-state index contributed by atoms with van der Waals surface area (Å²) in [6.07, 6.45) is 10.9. The molecule has 0 atom stereocenters. The molecule has 1 aliphatic carbocycles. The van der Waals surface area contributed by atoms with Gasteiger partial charge in [0.2, 0.25) is 0 Å². The molecule has 0 fully saturated rings. The maximum absolute atomic E-state index is 6.37. The Bertz CT molecular complexity index is 1800. The Labute approximate surface area is 285 Å². The summed E-state index contributed by atoms with van der Waals surface area (Å²) in [6, 6.07) is 33.4. The number of para-hydroxylation sites is 2. The first kappa shape index (κ1) is 31.4. The van der Waals surface area contributed by atoms with E-state index in [0.29, 0.717) is 0 Å². The second-order valence-electron chi connectivity index (χ2n) is 10.8. The van der Waals surface area contributed by atoms with E-state index in [2.05, 4.69) is 133 Å². The minimum absolute atomic E-state index is 0.751. The fourth-order valence-corrected chi connectivity index (χ4v) is 7.95. The lowest BCUT2D eigenvalue weighted by atomic mass is 10.1. The second-order valence-corrected chi connectivity index (χ2v) is 14.0. The van der Waals surface area contributed by atoms with Crippen molar-refractivity contribution >= 4 is 63.8 Å². The van der Waals surface area contributed by atoms with Gasteiger partial charge in [0.1, 0.15) is 0 Å². The minimum atomic E-state index is 0.751. The molecule has 0 bridgehead atoms. The number of nitrogens with zero attached hydrogens (tertiary/aromatic N) is 2. The van der Waals surface area contributed by atoms with Gasteiger partial charge in [0.15, 0.2) is 0 Å². The van der Waals surface area contributed by atoms with Crippen molar-refractivity contribution in [2.75, 3.05) is 16.3 Å². The molecule has 1 heterocycles. The predicted octanol–water partition coefficient (Wildman–Crippen LogP) is 12.8. The molecule has 0 spiro atoms. The highest BCUT2D eigenvalue weighted by Gasteiger charge is 2.27. The zero-order valence-corrected chi connectivity index (χ0v) is 28.5. The number of hydrogen-bond donors (Lipinski definition) is 0. The molecule has 4 aromatic rings. The number of fused-ring (bicyclic) bond motifs is 1. The van der Waals surface area contributed by atoms with Gasteiger partial charge in [0.25, 0.3) is 0 Å². The Morgan fingerprint density at radius 3 is 2.22 bits per heavy atom. The van der Waals surface area contributed by atoms with Crippen molar-refractivity contribution in [3.63, 3.8) is 0 Å². The number of anilines is 3. The van der Waals surface area contributed by atoms with Crippen LogP contribution in [0.4, 0.5) is 17.1 Å². The molecule has 6 heteroatoms. The highest BCUT2D eigenvalue weighted by atomic mass is 35.5. The van der Waals surface area contributed by atoms with Crippen LogP contribution in [0.25, 0.3) is 0 Å². The van der Waals surface area contributed by atoms with Gasteiger partial charge >= 0.3 is 0 Å². The zero-order chi connectivity index (χ0) is 31.3. The second kappa shape index (κ2) is 14.3. The molecular formula is C39H34Cl2N2S2. The average Bonchev–Trinajstić information content (AvgIpc) is 3.61. The first-order chi connectivity index (χ1) is 21.9. The van der Waals surface area contributed by atoms with Crippen molar-refractivity contribution in [1.29, 1.82) is 0 Å². The molecule has 45 heavy (non-hydrogen) atoms. The van der Waals surface area contributed by atoms with Gasteiger partial charge in [-0.15, -0.1) is 0 Å². The Morgan fingerprint density at radius 1 is 0.889 bits per heavy atom. The molecule has 0 unspecified atom stereocenters. The molecule has 0 amide bonds. The van der Waals surface area contributed by atoms with Crippen LogP contribution in [0.2, 0.25) is 10.0 Å². The summed E-state index contributed by atoms with van der Waals surface area (Å²) in [7, 11) is 0. The highest BCUT2D eigenvalue weighted by molar-refractivity contribution is 8.03. The Kier molecular flexibility index (Phi) is 9.97. The van der Waals surface area contributed by atoms with Crippen LogP contribution in [0.3, 0.4) is 0 Å². The molecule has 226 valence electrons. The van der Waals surface area contributed by atoms with Crippen molar-refractivity contribution in [2.45, 2.75) is 36.5 Å². The molecule has 4 aromatic carbocycles. The normalized spacial score (nSPS) is 16.3. The molecule has 0 saturated carbocycles. The van der Waals surface area contributed by atoms with Crippen LogP contribution in [0, 0.1) is 6.92 Å². The van der Waals surface area contributed by atoms with Gasteiger partial charge < -0.3 is 9.80 Å². The number of halogens is 2. The van der Waals surface area contributed by atoms with E-state index in [9.17, 15) is 0 Å². The number of benzene rings is 4. The molecule has 1 aliphatic heterocycles. The van der Waals surface area contributed by atoms with E-state index in [1.54, 1.807) is 23.5 Å². The SMILES string of the molecule is C=C(/C=C/C1=C(N(c2ccccc2)c2ccccc2)C(=C/C=C2\Sc3ccc(Cl)cc3N2CC)/CC1)Sc1ccc(Cl)cc1C. The summed E-state index contributed by atoms with van der Waals surface area (Å²) in [5.74, 6) is 0. The monoisotopic (exact) mass is 664 g/mol. The van der Waals surface area contributed by atoms with Gasteiger partial charge in [-0.1, -0.05) is 102 Å². The molecule has 6 rings (SSSR count). The third kappa shape index (κ3) is 7.15. The van der Waals surface area contributed by atoms with Crippen molar-refractivity contribution < 1.29 is 0 Å². The van der Waals surface area contributed by atoms with Crippen LogP contribution in [-0.4, -0.2) is 6.54 Å². The third-order valence-electron chi connectivity index (χ3n) is 7.81. The van der Waals surface area contributed by atoms with Crippen molar-refractivity contribution in [3.8, 4) is 0 Å². The van der Waals surface area contributed by atoms with Gasteiger partial charge in [-0.25, -0.2) is 0 Å². The van der Waals surface area contributed by atoms with Crippen molar-refractivity contribution in [1.82, 2.24) is 0 Å². The Balaban J connectivity index is 1.41. The fourth-order valence-electron chi connectivity index (χ4n) is 5.68.